The van der Waals surface area contributed by atoms with E-state index in [1.54, 1.807) is 18.3 Å². The van der Waals surface area contributed by atoms with E-state index in [1.807, 2.05) is 57.1 Å². The lowest BCUT2D eigenvalue weighted by atomic mass is 10.1. The molecule has 2 rings (SSSR count). The third-order valence-corrected chi connectivity index (χ3v) is 3.52. The summed E-state index contributed by atoms with van der Waals surface area (Å²) in [5, 5.41) is 13.7. The van der Waals surface area contributed by atoms with Crippen LogP contribution in [0.5, 0.6) is 5.75 Å². The number of rotatable bonds is 4. The van der Waals surface area contributed by atoms with Crippen molar-refractivity contribution >= 4 is 17.8 Å². The molecule has 0 spiro atoms. The van der Waals surface area contributed by atoms with Crippen molar-refractivity contribution < 1.29 is 9.90 Å². The van der Waals surface area contributed by atoms with Gasteiger partial charge in [-0.1, -0.05) is 6.07 Å². The van der Waals surface area contributed by atoms with Crippen LogP contribution in [0.15, 0.2) is 41.5 Å². The Morgan fingerprint density at radius 1 is 1.17 bits per heavy atom. The number of amides is 1. The van der Waals surface area contributed by atoms with Gasteiger partial charge in [-0.3, -0.25) is 4.79 Å². The molecule has 23 heavy (non-hydrogen) atoms. The summed E-state index contributed by atoms with van der Waals surface area (Å²) in [6, 6.07) is 10.9. The molecule has 0 aliphatic heterocycles. The molecule has 0 unspecified atom stereocenters. The van der Waals surface area contributed by atoms with Crippen LogP contribution in [0.1, 0.15) is 27.0 Å². The summed E-state index contributed by atoms with van der Waals surface area (Å²) >= 11 is 0. The van der Waals surface area contributed by atoms with E-state index in [-0.39, 0.29) is 11.7 Å². The first-order chi connectivity index (χ1) is 10.9. The molecule has 0 atom stereocenters. The van der Waals surface area contributed by atoms with Crippen LogP contribution in [0.4, 0.5) is 5.69 Å². The molecule has 0 aliphatic carbocycles. The maximum absolute atomic E-state index is 12.1. The lowest BCUT2D eigenvalue weighted by Crippen LogP contribution is -2.18. The van der Waals surface area contributed by atoms with E-state index in [2.05, 4.69) is 10.5 Å². The van der Waals surface area contributed by atoms with Crippen molar-refractivity contribution in [2.75, 3.05) is 19.0 Å². The number of aryl methyl sites for hydroxylation is 2. The summed E-state index contributed by atoms with van der Waals surface area (Å²) in [5.41, 5.74) is 6.38. The van der Waals surface area contributed by atoms with Crippen molar-refractivity contribution in [1.82, 2.24) is 5.43 Å². The maximum atomic E-state index is 12.1. The summed E-state index contributed by atoms with van der Waals surface area (Å²) in [4.78, 5) is 14.0. The number of phenols is 1. The van der Waals surface area contributed by atoms with Crippen LogP contribution < -0.4 is 10.3 Å². The number of hydrogen-bond acceptors (Lipinski definition) is 4. The van der Waals surface area contributed by atoms with Crippen LogP contribution in [0.2, 0.25) is 0 Å². The van der Waals surface area contributed by atoms with Gasteiger partial charge in [-0.25, -0.2) is 5.43 Å². The largest absolute Gasteiger partial charge is 0.507 e. The van der Waals surface area contributed by atoms with E-state index in [4.69, 9.17) is 0 Å². The van der Waals surface area contributed by atoms with Crippen molar-refractivity contribution in [1.29, 1.82) is 0 Å². The van der Waals surface area contributed by atoms with Gasteiger partial charge < -0.3 is 10.0 Å². The highest BCUT2D eigenvalue weighted by Gasteiger charge is 2.06. The Hall–Kier alpha value is -2.82. The van der Waals surface area contributed by atoms with Gasteiger partial charge in [-0.2, -0.15) is 5.10 Å². The lowest BCUT2D eigenvalue weighted by molar-refractivity contribution is 0.0955. The van der Waals surface area contributed by atoms with Crippen LogP contribution in [-0.2, 0) is 0 Å². The fourth-order valence-corrected chi connectivity index (χ4v) is 2.22. The highest BCUT2D eigenvalue weighted by atomic mass is 16.3. The second-order valence-corrected chi connectivity index (χ2v) is 5.65. The minimum absolute atomic E-state index is 0.267. The molecule has 0 heterocycles. The monoisotopic (exact) mass is 311 g/mol. The Labute approximate surface area is 136 Å². The smallest absolute Gasteiger partial charge is 0.271 e. The molecule has 1 amide bonds. The van der Waals surface area contributed by atoms with Crippen LogP contribution in [-0.4, -0.2) is 31.3 Å². The summed E-state index contributed by atoms with van der Waals surface area (Å²) in [7, 11) is 3.84. The first-order valence-corrected chi connectivity index (χ1v) is 7.29. The third-order valence-electron chi connectivity index (χ3n) is 3.52. The molecule has 5 heteroatoms. The van der Waals surface area contributed by atoms with Gasteiger partial charge in [0.15, 0.2) is 0 Å². The van der Waals surface area contributed by atoms with Gasteiger partial charge in [0.05, 0.1) is 6.21 Å². The van der Waals surface area contributed by atoms with Gasteiger partial charge in [0, 0.05) is 25.3 Å². The minimum atomic E-state index is -0.267. The Morgan fingerprint density at radius 3 is 2.43 bits per heavy atom. The molecular formula is C18H21N3O2. The molecule has 2 N–H and O–H groups in total. The number of hydrazone groups is 1. The Kier molecular flexibility index (Phi) is 5.01. The fourth-order valence-electron chi connectivity index (χ4n) is 2.22. The molecule has 5 nitrogen and oxygen atoms in total. The summed E-state index contributed by atoms with van der Waals surface area (Å²) < 4.78 is 0. The number of anilines is 1. The van der Waals surface area contributed by atoms with E-state index in [9.17, 15) is 9.90 Å². The van der Waals surface area contributed by atoms with E-state index in [0.29, 0.717) is 5.56 Å². The van der Waals surface area contributed by atoms with Gasteiger partial charge >= 0.3 is 0 Å². The van der Waals surface area contributed by atoms with Crippen molar-refractivity contribution in [3.63, 3.8) is 0 Å². The van der Waals surface area contributed by atoms with E-state index >= 15 is 0 Å². The molecule has 2 aromatic rings. The molecule has 0 aromatic heterocycles. The molecule has 0 aliphatic rings. The molecular weight excluding hydrogens is 290 g/mol. The Bertz CT molecular complexity index is 729. The Morgan fingerprint density at radius 2 is 1.83 bits per heavy atom. The standard InChI is InChI=1S/C18H21N3O2/c1-12-8-14(9-13(2)17(12)22)11-19-20-18(23)15-6-5-7-16(10-15)21(3)4/h5-11,22H,1-4H3,(H,20,23)/b19-11+. The molecule has 0 saturated heterocycles. The zero-order chi connectivity index (χ0) is 17.0. The predicted molar refractivity (Wildman–Crippen MR) is 93.4 cm³/mol. The molecule has 0 radical (unpaired) electrons. The van der Waals surface area contributed by atoms with E-state index < -0.39 is 0 Å². The molecule has 120 valence electrons. The average molecular weight is 311 g/mol. The van der Waals surface area contributed by atoms with Crippen LogP contribution in [0, 0.1) is 13.8 Å². The maximum Gasteiger partial charge on any atom is 0.271 e. The second-order valence-electron chi connectivity index (χ2n) is 5.65. The quantitative estimate of drug-likeness (QED) is 0.674. The van der Waals surface area contributed by atoms with Crippen molar-refractivity contribution in [2.24, 2.45) is 5.10 Å². The van der Waals surface area contributed by atoms with Gasteiger partial charge in [0.1, 0.15) is 5.75 Å². The zero-order valence-corrected chi connectivity index (χ0v) is 13.8. The number of aromatic hydroxyl groups is 1. The number of phenolic OH excluding ortho intramolecular Hbond substituents is 1. The third kappa shape index (κ3) is 4.10. The SMILES string of the molecule is Cc1cc(/C=N/NC(=O)c2cccc(N(C)C)c2)cc(C)c1O. The Balaban J connectivity index is 2.08. The predicted octanol–water partition coefficient (Wildman–Crippen LogP) is 2.84. The fraction of sp³-hybridized carbons (Fsp3) is 0.222. The number of carbonyl (C=O) groups excluding carboxylic acids is 1. The van der Waals surface area contributed by atoms with Crippen molar-refractivity contribution in [3.8, 4) is 5.75 Å². The number of nitrogens with one attached hydrogen (secondary N) is 1. The summed E-state index contributed by atoms with van der Waals surface area (Å²) in [5.74, 6) is 0.0175. The van der Waals surface area contributed by atoms with E-state index in [1.165, 1.54) is 0 Å². The average Bonchev–Trinajstić information content (AvgIpc) is 2.52. The number of hydrogen-bond donors (Lipinski definition) is 2. The normalized spacial score (nSPS) is 10.8. The van der Waals surface area contributed by atoms with Crippen LogP contribution in [0.25, 0.3) is 0 Å². The van der Waals surface area contributed by atoms with Gasteiger partial charge in [-0.05, 0) is 60.9 Å². The summed E-state index contributed by atoms with van der Waals surface area (Å²) in [6.07, 6.45) is 1.56. The van der Waals surface area contributed by atoms with Gasteiger partial charge in [0.25, 0.3) is 5.91 Å². The summed E-state index contributed by atoms with van der Waals surface area (Å²) in [6.45, 7) is 3.65. The first-order valence-electron chi connectivity index (χ1n) is 7.29. The molecule has 0 bridgehead atoms. The first kappa shape index (κ1) is 16.5. The van der Waals surface area contributed by atoms with Crippen molar-refractivity contribution in [2.45, 2.75) is 13.8 Å². The highest BCUT2D eigenvalue weighted by molar-refractivity contribution is 5.95. The van der Waals surface area contributed by atoms with Crippen LogP contribution >= 0.6 is 0 Å². The van der Waals surface area contributed by atoms with Gasteiger partial charge in [0.2, 0.25) is 0 Å². The molecule has 2 aromatic carbocycles. The zero-order valence-electron chi connectivity index (χ0n) is 13.8. The minimum Gasteiger partial charge on any atom is -0.507 e. The van der Waals surface area contributed by atoms with E-state index in [0.717, 1.165) is 22.4 Å². The molecule has 0 saturated carbocycles. The number of carbonyl (C=O) groups is 1. The lowest BCUT2D eigenvalue weighted by Gasteiger charge is -2.12. The van der Waals surface area contributed by atoms with Gasteiger partial charge in [-0.15, -0.1) is 0 Å². The second kappa shape index (κ2) is 6.96. The molecule has 0 fully saturated rings. The van der Waals surface area contributed by atoms with Crippen molar-refractivity contribution in [3.05, 3.63) is 58.7 Å². The van der Waals surface area contributed by atoms with Crippen LogP contribution in [0.3, 0.4) is 0 Å². The highest BCUT2D eigenvalue weighted by Crippen LogP contribution is 2.22. The number of nitrogens with zero attached hydrogens (tertiary/aromatic N) is 2. The number of benzene rings is 2. The topological polar surface area (TPSA) is 64.9 Å².